The van der Waals surface area contributed by atoms with Crippen LogP contribution < -0.4 is 5.32 Å². The normalized spacial score (nSPS) is 17.5. The first kappa shape index (κ1) is 21.3. The van der Waals surface area contributed by atoms with Crippen LogP contribution in [0.2, 0.25) is 0 Å². The first-order chi connectivity index (χ1) is 14.9. The molecule has 31 heavy (non-hydrogen) atoms. The number of carbonyl (C=O) groups excluding carboxylic acids is 1. The Bertz CT molecular complexity index is 1150. The van der Waals surface area contributed by atoms with Gasteiger partial charge in [-0.25, -0.2) is 13.1 Å². The van der Waals surface area contributed by atoms with Gasteiger partial charge in [-0.3, -0.25) is 4.79 Å². The van der Waals surface area contributed by atoms with Crippen LogP contribution in [0.15, 0.2) is 52.1 Å². The lowest BCUT2D eigenvalue weighted by Crippen LogP contribution is -2.45. The predicted molar refractivity (Wildman–Crippen MR) is 113 cm³/mol. The molecule has 0 radical (unpaired) electrons. The maximum absolute atomic E-state index is 13.1. The van der Waals surface area contributed by atoms with Gasteiger partial charge in [0.15, 0.2) is 5.76 Å². The van der Waals surface area contributed by atoms with Crippen molar-refractivity contribution in [3.05, 3.63) is 59.7 Å². The lowest BCUT2D eigenvalue weighted by Gasteiger charge is -2.31. The fourth-order valence-electron chi connectivity index (χ4n) is 3.85. The van der Waals surface area contributed by atoms with Crippen LogP contribution in [0.5, 0.6) is 0 Å². The highest BCUT2D eigenvalue weighted by molar-refractivity contribution is 7.89. The molecule has 10 heteroatoms. The Kier molecular flexibility index (Phi) is 5.92. The lowest BCUT2D eigenvalue weighted by molar-refractivity contribution is -0.126. The number of benzene rings is 1. The van der Waals surface area contributed by atoms with Crippen LogP contribution in [0.3, 0.4) is 0 Å². The number of para-hydroxylation sites is 1. The van der Waals surface area contributed by atoms with E-state index in [1.54, 1.807) is 24.7 Å². The standard InChI is InChI=1S/C21H25N5O4S/c1-15-20(16(2)30-24-15)31(28,29)25-10-6-7-18(14-25)21(27)22-11-17-12-23-26(13-17)19-8-4-3-5-9-19/h3-5,8-9,12-13,18H,6-7,10-11,14H2,1-2H3,(H,22,27). The van der Waals surface area contributed by atoms with Crippen molar-refractivity contribution in [1.29, 1.82) is 0 Å². The van der Waals surface area contributed by atoms with Gasteiger partial charge in [-0.05, 0) is 38.8 Å². The second-order valence-corrected chi connectivity index (χ2v) is 9.58. The first-order valence-electron chi connectivity index (χ1n) is 10.2. The Morgan fingerprint density at radius 2 is 2.03 bits per heavy atom. The highest BCUT2D eigenvalue weighted by atomic mass is 32.2. The van der Waals surface area contributed by atoms with Crippen molar-refractivity contribution in [3.8, 4) is 5.69 Å². The first-order valence-corrected chi connectivity index (χ1v) is 11.6. The van der Waals surface area contributed by atoms with Gasteiger partial charge in [0.2, 0.25) is 15.9 Å². The highest BCUT2D eigenvalue weighted by Gasteiger charge is 2.36. The summed E-state index contributed by atoms with van der Waals surface area (Å²) in [7, 11) is -3.76. The molecule has 0 spiro atoms. The van der Waals surface area contributed by atoms with Crippen molar-refractivity contribution in [3.63, 3.8) is 0 Å². The van der Waals surface area contributed by atoms with Crippen LogP contribution >= 0.6 is 0 Å². The molecule has 1 aliphatic rings. The van der Waals surface area contributed by atoms with Crippen molar-refractivity contribution in [2.45, 2.75) is 38.1 Å². The Hall–Kier alpha value is -2.98. The van der Waals surface area contributed by atoms with E-state index in [2.05, 4.69) is 15.6 Å². The second kappa shape index (κ2) is 8.64. The van der Waals surface area contributed by atoms with Crippen LogP contribution in [0.25, 0.3) is 5.69 Å². The molecule has 1 amide bonds. The van der Waals surface area contributed by atoms with E-state index in [1.807, 2.05) is 36.5 Å². The molecule has 1 unspecified atom stereocenters. The summed E-state index contributed by atoms with van der Waals surface area (Å²) in [4.78, 5) is 12.8. The summed E-state index contributed by atoms with van der Waals surface area (Å²) in [6.45, 7) is 4.03. The molecule has 1 atom stereocenters. The molecular weight excluding hydrogens is 418 g/mol. The van der Waals surface area contributed by atoms with Gasteiger partial charge in [0, 0.05) is 31.4 Å². The van der Waals surface area contributed by atoms with Gasteiger partial charge in [0.1, 0.15) is 10.6 Å². The van der Waals surface area contributed by atoms with Gasteiger partial charge in [-0.1, -0.05) is 23.4 Å². The smallest absolute Gasteiger partial charge is 0.248 e. The highest BCUT2D eigenvalue weighted by Crippen LogP contribution is 2.27. The maximum Gasteiger partial charge on any atom is 0.248 e. The Morgan fingerprint density at radius 1 is 1.26 bits per heavy atom. The van der Waals surface area contributed by atoms with Crippen LogP contribution in [0.1, 0.15) is 29.9 Å². The SMILES string of the molecule is Cc1noc(C)c1S(=O)(=O)N1CCCC(C(=O)NCc2cnn(-c3ccccc3)c2)C1. The summed E-state index contributed by atoms with van der Waals surface area (Å²) in [5, 5.41) is 11.0. The van der Waals surface area contributed by atoms with E-state index < -0.39 is 15.9 Å². The van der Waals surface area contributed by atoms with Gasteiger partial charge in [0.05, 0.1) is 17.8 Å². The molecule has 0 aliphatic carbocycles. The monoisotopic (exact) mass is 443 g/mol. The molecule has 0 saturated carbocycles. The molecule has 2 aromatic heterocycles. The van der Waals surface area contributed by atoms with E-state index in [-0.39, 0.29) is 23.1 Å². The topological polar surface area (TPSA) is 110 Å². The number of amides is 1. The summed E-state index contributed by atoms with van der Waals surface area (Å²) in [5.74, 6) is -0.307. The number of aromatic nitrogens is 3. The number of nitrogens with one attached hydrogen (secondary N) is 1. The summed E-state index contributed by atoms with van der Waals surface area (Å²) in [5.41, 5.74) is 2.14. The van der Waals surface area contributed by atoms with Gasteiger partial charge >= 0.3 is 0 Å². The molecule has 4 rings (SSSR count). The quantitative estimate of drug-likeness (QED) is 0.625. The van der Waals surface area contributed by atoms with E-state index in [4.69, 9.17) is 4.52 Å². The molecule has 1 fully saturated rings. The van der Waals surface area contributed by atoms with Gasteiger partial charge < -0.3 is 9.84 Å². The zero-order chi connectivity index (χ0) is 22.0. The molecule has 3 aromatic rings. The molecule has 1 saturated heterocycles. The molecule has 9 nitrogen and oxygen atoms in total. The van der Waals surface area contributed by atoms with Crippen LogP contribution in [-0.2, 0) is 21.4 Å². The number of hydrogen-bond donors (Lipinski definition) is 1. The molecular formula is C21H25N5O4S. The summed E-state index contributed by atoms with van der Waals surface area (Å²) in [6.07, 6.45) is 4.84. The molecule has 164 valence electrons. The third-order valence-electron chi connectivity index (χ3n) is 5.44. The number of piperidine rings is 1. The number of rotatable bonds is 6. The predicted octanol–water partition coefficient (Wildman–Crippen LogP) is 2.19. The van der Waals surface area contributed by atoms with Gasteiger partial charge in [-0.15, -0.1) is 0 Å². The van der Waals surface area contributed by atoms with Crippen molar-refractivity contribution in [2.24, 2.45) is 5.92 Å². The largest absolute Gasteiger partial charge is 0.360 e. The van der Waals surface area contributed by atoms with Crippen molar-refractivity contribution >= 4 is 15.9 Å². The maximum atomic E-state index is 13.1. The van der Waals surface area contributed by atoms with Crippen LogP contribution in [-0.4, -0.2) is 46.7 Å². The minimum absolute atomic E-state index is 0.0990. The van der Waals surface area contributed by atoms with E-state index in [9.17, 15) is 13.2 Å². The van der Waals surface area contributed by atoms with Crippen molar-refractivity contribution in [2.75, 3.05) is 13.1 Å². The zero-order valence-corrected chi connectivity index (χ0v) is 18.3. The van der Waals surface area contributed by atoms with E-state index in [0.717, 1.165) is 11.3 Å². The molecule has 1 N–H and O–H groups in total. The Balaban J connectivity index is 1.39. The minimum Gasteiger partial charge on any atom is -0.360 e. The zero-order valence-electron chi connectivity index (χ0n) is 17.5. The summed E-state index contributed by atoms with van der Waals surface area (Å²) < 4.78 is 34.3. The fraction of sp³-hybridized carbons (Fsp3) is 0.381. The number of carbonyl (C=O) groups is 1. The third kappa shape index (κ3) is 4.40. The summed E-state index contributed by atoms with van der Waals surface area (Å²) in [6, 6.07) is 9.71. The Morgan fingerprint density at radius 3 is 2.74 bits per heavy atom. The number of nitrogens with zero attached hydrogens (tertiary/aromatic N) is 4. The van der Waals surface area contributed by atoms with Crippen molar-refractivity contribution in [1.82, 2.24) is 24.6 Å². The third-order valence-corrected chi connectivity index (χ3v) is 7.55. The molecule has 1 aromatic carbocycles. The molecule has 3 heterocycles. The number of aryl methyl sites for hydroxylation is 2. The average Bonchev–Trinajstić information content (AvgIpc) is 3.39. The van der Waals surface area contributed by atoms with Gasteiger partial charge in [-0.2, -0.15) is 9.40 Å². The summed E-state index contributed by atoms with van der Waals surface area (Å²) >= 11 is 0. The van der Waals surface area contributed by atoms with Crippen LogP contribution in [0, 0.1) is 19.8 Å². The number of hydrogen-bond acceptors (Lipinski definition) is 6. The Labute approximate surface area is 181 Å². The van der Waals surface area contributed by atoms with Crippen LogP contribution in [0.4, 0.5) is 0 Å². The van der Waals surface area contributed by atoms with Crippen molar-refractivity contribution < 1.29 is 17.7 Å². The lowest BCUT2D eigenvalue weighted by atomic mass is 9.99. The van der Waals surface area contributed by atoms with E-state index >= 15 is 0 Å². The molecule has 1 aliphatic heterocycles. The molecule has 0 bridgehead atoms. The van der Waals surface area contributed by atoms with E-state index in [0.29, 0.717) is 31.6 Å². The van der Waals surface area contributed by atoms with Gasteiger partial charge in [0.25, 0.3) is 0 Å². The second-order valence-electron chi connectivity index (χ2n) is 7.70. The van der Waals surface area contributed by atoms with E-state index in [1.165, 1.54) is 4.31 Å². The fourth-order valence-corrected chi connectivity index (χ4v) is 5.67. The number of sulfonamides is 1. The average molecular weight is 444 g/mol. The minimum atomic E-state index is -3.76.